The number of carbonyl (C=O) groups is 3. The fraction of sp³-hybridized carbons (Fsp3) is 0.700. The van der Waals surface area contributed by atoms with Crippen LogP contribution in [0.25, 0.3) is 0 Å². The van der Waals surface area contributed by atoms with Gasteiger partial charge >= 0.3 is 0 Å². The van der Waals surface area contributed by atoms with Gasteiger partial charge in [0.15, 0.2) is 0 Å². The van der Waals surface area contributed by atoms with E-state index in [2.05, 4.69) is 10.6 Å². The summed E-state index contributed by atoms with van der Waals surface area (Å²) in [6.45, 7) is 6.48. The number of amides is 3. The Kier molecular flexibility index (Phi) is 5.49. The molecule has 0 fully saturated rings. The van der Waals surface area contributed by atoms with Crippen molar-refractivity contribution in [2.45, 2.75) is 39.8 Å². The summed E-state index contributed by atoms with van der Waals surface area (Å²) >= 11 is 0. The van der Waals surface area contributed by atoms with E-state index in [-0.39, 0.29) is 11.8 Å². The number of nitrogens with two attached hydrogens (primary N) is 1. The van der Waals surface area contributed by atoms with E-state index in [1.165, 1.54) is 6.92 Å². The normalized spacial score (nSPS) is 14.1. The van der Waals surface area contributed by atoms with Crippen molar-refractivity contribution in [1.82, 2.24) is 10.6 Å². The van der Waals surface area contributed by atoms with Gasteiger partial charge in [0.1, 0.15) is 12.1 Å². The lowest BCUT2D eigenvalue weighted by Gasteiger charge is -2.17. The van der Waals surface area contributed by atoms with Crippen LogP contribution in [0.1, 0.15) is 27.7 Å². The van der Waals surface area contributed by atoms with Gasteiger partial charge in [-0.1, -0.05) is 13.8 Å². The molecule has 0 saturated carbocycles. The molecule has 0 bridgehead atoms. The molecule has 4 N–H and O–H groups in total. The second-order valence-electron chi connectivity index (χ2n) is 4.02. The summed E-state index contributed by atoms with van der Waals surface area (Å²) in [6, 6.07) is -1.43. The molecule has 0 aliphatic heterocycles. The molecule has 0 aromatic carbocycles. The number of carbonyl (C=O) groups excluding carboxylic acids is 3. The first-order valence-corrected chi connectivity index (χ1v) is 5.15. The van der Waals surface area contributed by atoms with Crippen LogP contribution in [0, 0.1) is 5.92 Å². The van der Waals surface area contributed by atoms with Crippen molar-refractivity contribution in [1.29, 1.82) is 0 Å². The van der Waals surface area contributed by atoms with Crippen molar-refractivity contribution in [2.24, 2.45) is 11.7 Å². The lowest BCUT2D eigenvalue weighted by atomic mass is 10.2. The van der Waals surface area contributed by atoms with E-state index in [4.69, 9.17) is 5.73 Å². The van der Waals surface area contributed by atoms with Crippen molar-refractivity contribution in [3.63, 3.8) is 0 Å². The number of primary amides is 1. The molecule has 3 amide bonds. The van der Waals surface area contributed by atoms with Crippen molar-refractivity contribution < 1.29 is 14.4 Å². The second-order valence-corrected chi connectivity index (χ2v) is 4.02. The third-order valence-electron chi connectivity index (χ3n) is 2.06. The molecule has 0 heterocycles. The van der Waals surface area contributed by atoms with E-state index in [9.17, 15) is 14.4 Å². The molecule has 0 aliphatic rings. The van der Waals surface area contributed by atoms with Crippen molar-refractivity contribution in [3.05, 3.63) is 0 Å². The standard InChI is InChI=1S/C10H19N3O3/c1-5(2)9(15)13-7(4)10(16)12-6(3)8(11)14/h5-7H,1-4H3,(H2,11,14)(H,12,16)(H,13,15). The van der Waals surface area contributed by atoms with E-state index in [0.29, 0.717) is 0 Å². The zero-order valence-electron chi connectivity index (χ0n) is 10.0. The highest BCUT2D eigenvalue weighted by Crippen LogP contribution is 1.93. The number of hydrogen-bond acceptors (Lipinski definition) is 3. The Morgan fingerprint density at radius 1 is 0.875 bits per heavy atom. The molecule has 0 aromatic heterocycles. The Balaban J connectivity index is 4.19. The first-order valence-electron chi connectivity index (χ1n) is 5.15. The minimum absolute atomic E-state index is 0.191. The molecular formula is C10H19N3O3. The topological polar surface area (TPSA) is 101 Å². The predicted molar refractivity (Wildman–Crippen MR) is 59.2 cm³/mol. The minimum atomic E-state index is -0.745. The van der Waals surface area contributed by atoms with E-state index >= 15 is 0 Å². The summed E-state index contributed by atoms with van der Waals surface area (Å²) < 4.78 is 0. The minimum Gasteiger partial charge on any atom is -0.368 e. The monoisotopic (exact) mass is 229 g/mol. The average Bonchev–Trinajstić information content (AvgIpc) is 2.16. The van der Waals surface area contributed by atoms with Crippen LogP contribution in [0.5, 0.6) is 0 Å². The first-order chi connectivity index (χ1) is 7.25. The maximum absolute atomic E-state index is 11.5. The van der Waals surface area contributed by atoms with Crippen LogP contribution in [0.3, 0.4) is 0 Å². The highest BCUT2D eigenvalue weighted by Gasteiger charge is 2.20. The summed E-state index contributed by atoms with van der Waals surface area (Å²) in [4.78, 5) is 33.5. The van der Waals surface area contributed by atoms with Gasteiger partial charge in [0, 0.05) is 5.92 Å². The van der Waals surface area contributed by atoms with Gasteiger partial charge in [-0.3, -0.25) is 14.4 Å². The van der Waals surface area contributed by atoms with Gasteiger partial charge in [-0.25, -0.2) is 0 Å². The molecule has 6 nitrogen and oxygen atoms in total. The largest absolute Gasteiger partial charge is 0.368 e. The van der Waals surface area contributed by atoms with Gasteiger partial charge in [-0.05, 0) is 13.8 Å². The van der Waals surface area contributed by atoms with Crippen LogP contribution < -0.4 is 16.4 Å². The molecule has 0 rings (SSSR count). The molecule has 92 valence electrons. The molecule has 0 saturated heterocycles. The third kappa shape index (κ3) is 4.77. The van der Waals surface area contributed by atoms with E-state index in [1.54, 1.807) is 20.8 Å². The van der Waals surface area contributed by atoms with Gasteiger partial charge in [0.2, 0.25) is 17.7 Å². The van der Waals surface area contributed by atoms with E-state index in [0.717, 1.165) is 0 Å². The van der Waals surface area contributed by atoms with Crippen molar-refractivity contribution >= 4 is 17.7 Å². The number of nitrogens with one attached hydrogen (secondary N) is 2. The van der Waals surface area contributed by atoms with Crippen LogP contribution in [0.4, 0.5) is 0 Å². The quantitative estimate of drug-likeness (QED) is 0.571. The molecular weight excluding hydrogens is 210 g/mol. The Hall–Kier alpha value is -1.59. The molecule has 0 spiro atoms. The lowest BCUT2D eigenvalue weighted by molar-refractivity contribution is -0.131. The Labute approximate surface area is 94.9 Å². The van der Waals surface area contributed by atoms with Crippen LogP contribution in [0.15, 0.2) is 0 Å². The maximum atomic E-state index is 11.5. The summed E-state index contributed by atoms with van der Waals surface area (Å²) in [5.41, 5.74) is 4.99. The van der Waals surface area contributed by atoms with Crippen LogP contribution in [0.2, 0.25) is 0 Å². The van der Waals surface area contributed by atoms with Crippen molar-refractivity contribution in [3.8, 4) is 0 Å². The summed E-state index contributed by atoms with van der Waals surface area (Å²) in [6.07, 6.45) is 0. The van der Waals surface area contributed by atoms with E-state index in [1.807, 2.05) is 0 Å². The summed E-state index contributed by atoms with van der Waals surface area (Å²) in [5, 5.41) is 4.92. The highest BCUT2D eigenvalue weighted by atomic mass is 16.2. The SMILES string of the molecule is CC(C)C(=O)NC(C)C(=O)NC(C)C(N)=O. The number of hydrogen-bond donors (Lipinski definition) is 3. The molecule has 0 radical (unpaired) electrons. The smallest absolute Gasteiger partial charge is 0.242 e. The van der Waals surface area contributed by atoms with Gasteiger partial charge in [0.25, 0.3) is 0 Å². The number of rotatable bonds is 5. The first kappa shape index (κ1) is 14.4. The molecule has 16 heavy (non-hydrogen) atoms. The fourth-order valence-corrected chi connectivity index (χ4v) is 0.855. The lowest BCUT2D eigenvalue weighted by Crippen LogP contribution is -2.51. The van der Waals surface area contributed by atoms with Crippen LogP contribution in [-0.2, 0) is 14.4 Å². The third-order valence-corrected chi connectivity index (χ3v) is 2.06. The molecule has 6 heteroatoms. The van der Waals surface area contributed by atoms with Crippen LogP contribution in [-0.4, -0.2) is 29.8 Å². The Bertz CT molecular complexity index is 289. The average molecular weight is 229 g/mol. The van der Waals surface area contributed by atoms with Gasteiger partial charge in [-0.2, -0.15) is 0 Å². The maximum Gasteiger partial charge on any atom is 0.242 e. The van der Waals surface area contributed by atoms with E-state index < -0.39 is 23.9 Å². The van der Waals surface area contributed by atoms with Gasteiger partial charge < -0.3 is 16.4 Å². The predicted octanol–water partition coefficient (Wildman–Crippen LogP) is -0.863. The molecule has 0 aliphatic carbocycles. The Morgan fingerprint density at radius 2 is 1.31 bits per heavy atom. The second kappa shape index (κ2) is 6.09. The molecule has 2 unspecified atom stereocenters. The van der Waals surface area contributed by atoms with Gasteiger partial charge in [-0.15, -0.1) is 0 Å². The van der Waals surface area contributed by atoms with Crippen LogP contribution >= 0.6 is 0 Å². The highest BCUT2D eigenvalue weighted by molar-refractivity contribution is 5.91. The zero-order valence-corrected chi connectivity index (χ0v) is 10.0. The summed E-state index contributed by atoms with van der Waals surface area (Å²) in [5.74, 6) is -1.45. The van der Waals surface area contributed by atoms with Crippen molar-refractivity contribution in [2.75, 3.05) is 0 Å². The Morgan fingerprint density at radius 3 is 1.69 bits per heavy atom. The summed E-state index contributed by atoms with van der Waals surface area (Å²) in [7, 11) is 0. The molecule has 2 atom stereocenters. The molecule has 0 aromatic rings. The fourth-order valence-electron chi connectivity index (χ4n) is 0.855. The van der Waals surface area contributed by atoms with Gasteiger partial charge in [0.05, 0.1) is 0 Å². The zero-order chi connectivity index (χ0) is 12.9.